The van der Waals surface area contributed by atoms with Crippen LogP contribution < -0.4 is 15.0 Å². The summed E-state index contributed by atoms with van der Waals surface area (Å²) < 4.78 is 43.8. The van der Waals surface area contributed by atoms with Crippen LogP contribution in [0.25, 0.3) is 0 Å². The highest BCUT2D eigenvalue weighted by molar-refractivity contribution is 6.31. The van der Waals surface area contributed by atoms with Crippen LogP contribution in [0.3, 0.4) is 0 Å². The molecular formula is C18H18ClF3N4O2. The van der Waals surface area contributed by atoms with Gasteiger partial charge >= 0.3 is 6.18 Å². The minimum atomic E-state index is -4.58. The Morgan fingerprint density at radius 2 is 1.93 bits per heavy atom. The van der Waals surface area contributed by atoms with Crippen LogP contribution in [0.2, 0.25) is 5.02 Å². The number of nitrogens with zero attached hydrogens (tertiary/aromatic N) is 3. The molecule has 1 amide bonds. The van der Waals surface area contributed by atoms with E-state index in [4.69, 9.17) is 16.3 Å². The molecule has 6 nitrogen and oxygen atoms in total. The third-order valence-electron chi connectivity index (χ3n) is 4.56. The summed E-state index contributed by atoms with van der Waals surface area (Å²) in [6.07, 6.45) is -3.47. The maximum Gasteiger partial charge on any atom is 0.417 e. The second kappa shape index (κ2) is 8.22. The van der Waals surface area contributed by atoms with Crippen LogP contribution in [0.15, 0.2) is 30.3 Å². The highest BCUT2D eigenvalue weighted by atomic mass is 35.5. The average Bonchev–Trinajstić information content (AvgIpc) is 2.69. The van der Waals surface area contributed by atoms with Gasteiger partial charge in [-0.1, -0.05) is 11.6 Å². The number of ether oxygens (including phenoxy) is 1. The fourth-order valence-electron chi connectivity index (χ4n) is 3.03. The van der Waals surface area contributed by atoms with E-state index in [0.717, 1.165) is 12.1 Å². The van der Waals surface area contributed by atoms with E-state index in [1.165, 1.54) is 13.2 Å². The Kier molecular flexibility index (Phi) is 5.93. The van der Waals surface area contributed by atoms with Gasteiger partial charge in [0.15, 0.2) is 5.82 Å². The Morgan fingerprint density at radius 3 is 2.50 bits per heavy atom. The van der Waals surface area contributed by atoms with Crippen molar-refractivity contribution < 1.29 is 22.7 Å². The molecule has 150 valence electrons. The summed E-state index contributed by atoms with van der Waals surface area (Å²) in [5, 5.41) is 10.2. The van der Waals surface area contributed by atoms with Crippen LogP contribution in [0.5, 0.6) is 5.88 Å². The van der Waals surface area contributed by atoms with Crippen molar-refractivity contribution in [2.24, 2.45) is 5.92 Å². The van der Waals surface area contributed by atoms with Crippen LogP contribution in [-0.2, 0) is 11.0 Å². The third-order valence-corrected chi connectivity index (χ3v) is 4.89. The van der Waals surface area contributed by atoms with Gasteiger partial charge in [0, 0.05) is 30.8 Å². The first-order chi connectivity index (χ1) is 13.3. The van der Waals surface area contributed by atoms with Crippen molar-refractivity contribution in [2.75, 3.05) is 30.4 Å². The number of hydrogen-bond donors (Lipinski definition) is 1. The van der Waals surface area contributed by atoms with Crippen molar-refractivity contribution in [1.29, 1.82) is 0 Å². The van der Waals surface area contributed by atoms with Gasteiger partial charge < -0.3 is 15.0 Å². The molecule has 1 fully saturated rings. The summed E-state index contributed by atoms with van der Waals surface area (Å²) in [5.74, 6) is 0.495. The van der Waals surface area contributed by atoms with E-state index in [0.29, 0.717) is 37.6 Å². The molecular weight excluding hydrogens is 397 g/mol. The van der Waals surface area contributed by atoms with Gasteiger partial charge in [0.1, 0.15) is 0 Å². The number of piperidine rings is 1. The van der Waals surface area contributed by atoms with Crippen LogP contribution in [0.4, 0.5) is 24.7 Å². The second-order valence-corrected chi connectivity index (χ2v) is 6.78. The smallest absolute Gasteiger partial charge is 0.417 e. The van der Waals surface area contributed by atoms with Gasteiger partial charge in [-0.3, -0.25) is 4.79 Å². The lowest BCUT2D eigenvalue weighted by atomic mass is 9.95. The SMILES string of the molecule is COc1ccc(N2CCC(C(=O)Nc3ccc(Cl)c(C(F)(F)F)c3)CC2)nn1. The maximum atomic E-state index is 13.0. The molecule has 0 bridgehead atoms. The summed E-state index contributed by atoms with van der Waals surface area (Å²) in [6.45, 7) is 1.18. The number of halogens is 4. The molecule has 10 heteroatoms. The minimum Gasteiger partial charge on any atom is -0.480 e. The van der Waals surface area contributed by atoms with E-state index in [1.807, 2.05) is 4.90 Å². The Hall–Kier alpha value is -2.55. The Labute approximate surface area is 164 Å². The number of hydrogen-bond acceptors (Lipinski definition) is 5. The van der Waals surface area contributed by atoms with Crippen molar-refractivity contribution in [1.82, 2.24) is 10.2 Å². The lowest BCUT2D eigenvalue weighted by Gasteiger charge is -2.31. The number of carbonyl (C=O) groups is 1. The number of methoxy groups -OCH3 is 1. The predicted molar refractivity (Wildman–Crippen MR) is 98.6 cm³/mol. The molecule has 0 atom stereocenters. The number of aromatic nitrogens is 2. The Balaban J connectivity index is 1.59. The molecule has 1 aromatic carbocycles. The topological polar surface area (TPSA) is 67.3 Å². The summed E-state index contributed by atoms with van der Waals surface area (Å²) in [6, 6.07) is 6.84. The first-order valence-electron chi connectivity index (χ1n) is 8.58. The van der Waals surface area contributed by atoms with Crippen molar-refractivity contribution in [3.8, 4) is 5.88 Å². The molecule has 28 heavy (non-hydrogen) atoms. The monoisotopic (exact) mass is 414 g/mol. The van der Waals surface area contributed by atoms with E-state index in [2.05, 4.69) is 15.5 Å². The molecule has 1 aliphatic rings. The van der Waals surface area contributed by atoms with E-state index in [1.54, 1.807) is 12.1 Å². The zero-order valence-electron chi connectivity index (χ0n) is 15.0. The van der Waals surface area contributed by atoms with Crippen molar-refractivity contribution >= 4 is 29.0 Å². The largest absolute Gasteiger partial charge is 0.480 e. The van der Waals surface area contributed by atoms with Crippen molar-refractivity contribution in [3.63, 3.8) is 0 Å². The lowest BCUT2D eigenvalue weighted by molar-refractivity contribution is -0.137. The number of nitrogens with one attached hydrogen (secondary N) is 1. The van der Waals surface area contributed by atoms with Gasteiger partial charge in [0.25, 0.3) is 0 Å². The zero-order valence-corrected chi connectivity index (χ0v) is 15.7. The highest BCUT2D eigenvalue weighted by Crippen LogP contribution is 2.36. The summed E-state index contributed by atoms with van der Waals surface area (Å²) in [4.78, 5) is 14.5. The predicted octanol–water partition coefficient (Wildman–Crippen LogP) is 4.01. The first kappa shape index (κ1) is 20.2. The number of anilines is 2. The molecule has 1 saturated heterocycles. The normalized spacial score (nSPS) is 15.4. The lowest BCUT2D eigenvalue weighted by Crippen LogP contribution is -2.38. The van der Waals surface area contributed by atoms with Crippen LogP contribution in [0, 0.1) is 5.92 Å². The summed E-state index contributed by atoms with van der Waals surface area (Å²) >= 11 is 5.60. The van der Waals surface area contributed by atoms with Gasteiger partial charge in [-0.25, -0.2) is 0 Å². The molecule has 2 heterocycles. The number of alkyl halides is 3. The minimum absolute atomic E-state index is 0.0742. The zero-order chi connectivity index (χ0) is 20.3. The molecule has 3 rings (SSSR count). The van der Waals surface area contributed by atoms with E-state index < -0.39 is 16.8 Å². The van der Waals surface area contributed by atoms with Crippen LogP contribution in [0.1, 0.15) is 18.4 Å². The molecule has 0 unspecified atom stereocenters. The number of amides is 1. The molecule has 0 spiro atoms. The molecule has 1 aliphatic heterocycles. The fraction of sp³-hybridized carbons (Fsp3) is 0.389. The third kappa shape index (κ3) is 4.64. The van der Waals surface area contributed by atoms with Gasteiger partial charge in [-0.2, -0.15) is 13.2 Å². The molecule has 2 aromatic rings. The molecule has 1 aromatic heterocycles. The number of benzene rings is 1. The summed E-state index contributed by atoms with van der Waals surface area (Å²) in [5.41, 5.74) is -0.898. The van der Waals surface area contributed by atoms with E-state index in [-0.39, 0.29) is 17.5 Å². The Morgan fingerprint density at radius 1 is 1.21 bits per heavy atom. The van der Waals surface area contributed by atoms with Crippen molar-refractivity contribution in [2.45, 2.75) is 19.0 Å². The molecule has 1 N–H and O–H groups in total. The number of rotatable bonds is 4. The maximum absolute atomic E-state index is 13.0. The van der Waals surface area contributed by atoms with Gasteiger partial charge in [-0.15, -0.1) is 10.2 Å². The van der Waals surface area contributed by atoms with Crippen molar-refractivity contribution in [3.05, 3.63) is 40.9 Å². The van der Waals surface area contributed by atoms with E-state index >= 15 is 0 Å². The van der Waals surface area contributed by atoms with Crippen LogP contribution >= 0.6 is 11.6 Å². The standard InChI is InChI=1S/C18H18ClF3N4O2/c1-28-16-5-4-15(24-25-16)26-8-6-11(7-9-26)17(27)23-12-2-3-14(19)13(10-12)18(20,21)22/h2-5,10-11H,6-9H2,1H3,(H,23,27). The van der Waals surface area contributed by atoms with Gasteiger partial charge in [0.05, 0.1) is 17.7 Å². The quantitative estimate of drug-likeness (QED) is 0.818. The van der Waals surface area contributed by atoms with Gasteiger partial charge in [0.2, 0.25) is 11.8 Å². The fourth-order valence-corrected chi connectivity index (χ4v) is 3.25. The highest BCUT2D eigenvalue weighted by Gasteiger charge is 2.34. The second-order valence-electron chi connectivity index (χ2n) is 6.38. The average molecular weight is 415 g/mol. The molecule has 0 aliphatic carbocycles. The Bertz CT molecular complexity index is 838. The summed E-state index contributed by atoms with van der Waals surface area (Å²) in [7, 11) is 1.51. The molecule has 0 saturated carbocycles. The molecule has 0 radical (unpaired) electrons. The first-order valence-corrected chi connectivity index (χ1v) is 8.96. The van der Waals surface area contributed by atoms with Gasteiger partial charge in [-0.05, 0) is 37.1 Å². The van der Waals surface area contributed by atoms with Crippen LogP contribution in [-0.4, -0.2) is 36.3 Å². The van der Waals surface area contributed by atoms with E-state index in [9.17, 15) is 18.0 Å². The number of carbonyl (C=O) groups excluding carboxylic acids is 1.